The van der Waals surface area contributed by atoms with Crippen LogP contribution in [0, 0.1) is 6.92 Å². The number of benzene rings is 1. The molecule has 1 heterocycles. The molecule has 0 fully saturated rings. The first-order chi connectivity index (χ1) is 8.99. The van der Waals surface area contributed by atoms with Crippen molar-refractivity contribution < 1.29 is 14.0 Å². The zero-order valence-electron chi connectivity index (χ0n) is 10.3. The normalized spacial score (nSPS) is 10.4. The molecule has 0 spiro atoms. The van der Waals surface area contributed by atoms with Gasteiger partial charge in [-0.2, -0.15) is 0 Å². The van der Waals surface area contributed by atoms with E-state index in [1.54, 1.807) is 25.1 Å². The van der Waals surface area contributed by atoms with Crippen LogP contribution in [0.5, 0.6) is 0 Å². The summed E-state index contributed by atoms with van der Waals surface area (Å²) in [6.45, 7) is 1.78. The fourth-order valence-electron chi connectivity index (χ4n) is 1.87. The molecule has 6 heteroatoms. The van der Waals surface area contributed by atoms with Crippen LogP contribution in [0.1, 0.15) is 37.9 Å². The summed E-state index contributed by atoms with van der Waals surface area (Å²) in [5, 5.41) is 0. The molecule has 0 aliphatic heterocycles. The molecule has 4 N–H and O–H groups in total. The van der Waals surface area contributed by atoms with Crippen molar-refractivity contribution in [2.24, 2.45) is 11.5 Å². The Kier molecular flexibility index (Phi) is 3.33. The first kappa shape index (κ1) is 12.8. The van der Waals surface area contributed by atoms with Gasteiger partial charge in [0, 0.05) is 11.1 Å². The Balaban J connectivity index is 2.52. The van der Waals surface area contributed by atoms with Crippen molar-refractivity contribution in [1.82, 2.24) is 4.98 Å². The molecule has 1 aromatic carbocycles. The van der Waals surface area contributed by atoms with E-state index in [0.29, 0.717) is 17.1 Å². The van der Waals surface area contributed by atoms with Gasteiger partial charge in [-0.25, -0.2) is 4.98 Å². The first-order valence-corrected chi connectivity index (χ1v) is 5.61. The molecular formula is C13H13N3O3. The summed E-state index contributed by atoms with van der Waals surface area (Å²) in [5.41, 5.74) is 12.2. The van der Waals surface area contributed by atoms with Crippen LogP contribution >= 0.6 is 0 Å². The van der Waals surface area contributed by atoms with Gasteiger partial charge in [-0.1, -0.05) is 6.07 Å². The van der Waals surface area contributed by atoms with Crippen molar-refractivity contribution in [1.29, 1.82) is 0 Å². The lowest BCUT2D eigenvalue weighted by Crippen LogP contribution is -2.20. The van der Waals surface area contributed by atoms with Crippen molar-refractivity contribution in [3.8, 4) is 0 Å². The van der Waals surface area contributed by atoms with E-state index in [0.717, 1.165) is 0 Å². The maximum Gasteiger partial charge on any atom is 0.249 e. The topological polar surface area (TPSA) is 112 Å². The number of primary amides is 2. The number of oxazole rings is 1. The van der Waals surface area contributed by atoms with E-state index in [9.17, 15) is 9.59 Å². The Labute approximate surface area is 109 Å². The molecule has 0 saturated heterocycles. The van der Waals surface area contributed by atoms with Crippen molar-refractivity contribution in [2.45, 2.75) is 13.3 Å². The van der Waals surface area contributed by atoms with Crippen LogP contribution in [0.3, 0.4) is 0 Å². The molecule has 19 heavy (non-hydrogen) atoms. The van der Waals surface area contributed by atoms with Gasteiger partial charge in [-0.05, 0) is 24.6 Å². The number of aryl methyl sites for hydroxylation is 1. The predicted molar refractivity (Wildman–Crippen MR) is 67.5 cm³/mol. The summed E-state index contributed by atoms with van der Waals surface area (Å²) in [6, 6.07) is 4.64. The van der Waals surface area contributed by atoms with Gasteiger partial charge in [0.15, 0.2) is 5.89 Å². The van der Waals surface area contributed by atoms with E-state index in [4.69, 9.17) is 15.9 Å². The zero-order chi connectivity index (χ0) is 14.0. The minimum Gasteiger partial charge on any atom is -0.448 e. The molecule has 2 amide bonds. The van der Waals surface area contributed by atoms with Crippen LogP contribution in [0.15, 0.2) is 28.9 Å². The number of rotatable bonds is 4. The lowest BCUT2D eigenvalue weighted by atomic mass is 9.97. The van der Waals surface area contributed by atoms with Crippen molar-refractivity contribution in [3.63, 3.8) is 0 Å². The molecule has 1 aromatic heterocycles. The Hall–Kier alpha value is -2.63. The predicted octanol–water partition coefficient (Wildman–Crippen LogP) is 0.772. The van der Waals surface area contributed by atoms with Gasteiger partial charge in [-0.15, -0.1) is 0 Å². The van der Waals surface area contributed by atoms with Crippen LogP contribution in [0.2, 0.25) is 0 Å². The maximum absolute atomic E-state index is 11.4. The molecule has 98 valence electrons. The summed E-state index contributed by atoms with van der Waals surface area (Å²) in [6.07, 6.45) is 1.68. The molecule has 2 rings (SSSR count). The van der Waals surface area contributed by atoms with Gasteiger partial charge >= 0.3 is 0 Å². The average Bonchev–Trinajstić information content (AvgIpc) is 2.74. The quantitative estimate of drug-likeness (QED) is 0.844. The van der Waals surface area contributed by atoms with Crippen LogP contribution in [-0.4, -0.2) is 16.8 Å². The fourth-order valence-corrected chi connectivity index (χ4v) is 1.87. The zero-order valence-corrected chi connectivity index (χ0v) is 10.3. The summed E-state index contributed by atoms with van der Waals surface area (Å²) in [5.74, 6) is -0.851. The first-order valence-electron chi connectivity index (χ1n) is 5.61. The van der Waals surface area contributed by atoms with Gasteiger partial charge in [-0.3, -0.25) is 9.59 Å². The highest BCUT2D eigenvalue weighted by Gasteiger charge is 2.17. The van der Waals surface area contributed by atoms with Crippen molar-refractivity contribution >= 4 is 11.8 Å². The molecule has 0 aliphatic rings. The minimum atomic E-state index is -0.624. The molecule has 0 aliphatic carbocycles. The van der Waals surface area contributed by atoms with E-state index in [-0.39, 0.29) is 17.5 Å². The number of carbonyl (C=O) groups is 2. The van der Waals surface area contributed by atoms with Crippen LogP contribution < -0.4 is 11.5 Å². The molecular weight excluding hydrogens is 246 g/mol. The van der Waals surface area contributed by atoms with Crippen LogP contribution in [-0.2, 0) is 6.42 Å². The molecule has 2 aromatic rings. The highest BCUT2D eigenvalue weighted by molar-refractivity contribution is 6.01. The average molecular weight is 259 g/mol. The third-order valence-electron chi connectivity index (χ3n) is 2.70. The summed E-state index contributed by atoms with van der Waals surface area (Å²) >= 11 is 0. The Bertz CT molecular complexity index is 614. The molecule has 0 saturated carbocycles. The fraction of sp³-hybridized carbons (Fsp3) is 0.154. The SMILES string of the molecule is Cc1coc(Cc2c(C(N)=O)cccc2C(N)=O)n1. The Morgan fingerprint density at radius 3 is 2.21 bits per heavy atom. The number of nitrogens with zero attached hydrogens (tertiary/aromatic N) is 1. The molecule has 0 radical (unpaired) electrons. The van der Waals surface area contributed by atoms with Gasteiger partial charge in [0.1, 0.15) is 6.26 Å². The van der Waals surface area contributed by atoms with Crippen LogP contribution in [0.4, 0.5) is 0 Å². The Morgan fingerprint density at radius 1 is 1.21 bits per heavy atom. The molecule has 0 atom stereocenters. The number of carbonyl (C=O) groups excluding carboxylic acids is 2. The molecule has 0 unspecified atom stereocenters. The maximum atomic E-state index is 11.4. The summed E-state index contributed by atoms with van der Waals surface area (Å²) in [7, 11) is 0. The van der Waals surface area contributed by atoms with E-state index in [2.05, 4.69) is 4.98 Å². The third-order valence-corrected chi connectivity index (χ3v) is 2.70. The van der Waals surface area contributed by atoms with Crippen LogP contribution in [0.25, 0.3) is 0 Å². The van der Waals surface area contributed by atoms with Gasteiger partial charge < -0.3 is 15.9 Å². The highest BCUT2D eigenvalue weighted by atomic mass is 16.3. The molecule has 0 bridgehead atoms. The van der Waals surface area contributed by atoms with E-state index >= 15 is 0 Å². The minimum absolute atomic E-state index is 0.186. The number of amides is 2. The molecule has 6 nitrogen and oxygen atoms in total. The van der Waals surface area contributed by atoms with E-state index < -0.39 is 11.8 Å². The number of hydrogen-bond donors (Lipinski definition) is 2. The second kappa shape index (κ2) is 4.93. The number of nitrogens with two attached hydrogens (primary N) is 2. The second-order valence-corrected chi connectivity index (χ2v) is 4.12. The van der Waals surface area contributed by atoms with Crippen molar-refractivity contribution in [3.05, 3.63) is 52.7 Å². The smallest absolute Gasteiger partial charge is 0.249 e. The van der Waals surface area contributed by atoms with Crippen molar-refractivity contribution in [2.75, 3.05) is 0 Å². The lowest BCUT2D eigenvalue weighted by molar-refractivity contribution is 0.0999. The summed E-state index contributed by atoms with van der Waals surface area (Å²) < 4.78 is 5.22. The monoisotopic (exact) mass is 259 g/mol. The Morgan fingerprint density at radius 2 is 1.79 bits per heavy atom. The highest BCUT2D eigenvalue weighted by Crippen LogP contribution is 2.18. The third kappa shape index (κ3) is 2.62. The van der Waals surface area contributed by atoms with Gasteiger partial charge in [0.05, 0.1) is 12.1 Å². The largest absolute Gasteiger partial charge is 0.448 e. The second-order valence-electron chi connectivity index (χ2n) is 4.12. The standard InChI is InChI=1S/C13H13N3O3/c1-7-6-19-11(16-7)5-10-8(12(14)17)3-2-4-9(10)13(15)18/h2-4,6H,5H2,1H3,(H2,14,17)(H2,15,18). The van der Waals surface area contributed by atoms with E-state index in [1.165, 1.54) is 6.26 Å². The van der Waals surface area contributed by atoms with Gasteiger partial charge in [0.25, 0.3) is 0 Å². The number of aromatic nitrogens is 1. The van der Waals surface area contributed by atoms with E-state index in [1.807, 2.05) is 0 Å². The summed E-state index contributed by atoms with van der Waals surface area (Å²) in [4.78, 5) is 27.0. The number of hydrogen-bond acceptors (Lipinski definition) is 4. The van der Waals surface area contributed by atoms with Gasteiger partial charge in [0.2, 0.25) is 11.8 Å². The lowest BCUT2D eigenvalue weighted by Gasteiger charge is -2.09.